The van der Waals surface area contributed by atoms with Crippen LogP contribution in [0.3, 0.4) is 0 Å². The largest absolute Gasteiger partial charge is 0.316 e. The summed E-state index contributed by atoms with van der Waals surface area (Å²) in [5.41, 5.74) is 1.32. The van der Waals surface area contributed by atoms with Crippen molar-refractivity contribution < 1.29 is 0 Å². The number of rotatable bonds is 5. The van der Waals surface area contributed by atoms with Crippen molar-refractivity contribution in [3.63, 3.8) is 0 Å². The summed E-state index contributed by atoms with van der Waals surface area (Å²) in [7, 11) is 0. The van der Waals surface area contributed by atoms with E-state index in [2.05, 4.69) is 31.0 Å². The zero-order valence-electron chi connectivity index (χ0n) is 13.0. The highest BCUT2D eigenvalue weighted by atomic mass is 32.1. The Morgan fingerprint density at radius 3 is 2.70 bits per heavy atom. The summed E-state index contributed by atoms with van der Waals surface area (Å²) in [6.45, 7) is 10.4. The molecule has 0 amide bonds. The van der Waals surface area contributed by atoms with Gasteiger partial charge in [0.05, 0.1) is 16.7 Å². The normalized spacial score (nSPS) is 25.1. The van der Waals surface area contributed by atoms with Gasteiger partial charge in [0.15, 0.2) is 0 Å². The first-order valence-corrected chi connectivity index (χ1v) is 8.87. The lowest BCUT2D eigenvalue weighted by atomic mass is 9.98. The van der Waals surface area contributed by atoms with Crippen LogP contribution in [-0.4, -0.2) is 35.6 Å². The first-order chi connectivity index (χ1) is 9.65. The molecule has 0 bridgehead atoms. The molecule has 1 aromatic rings. The van der Waals surface area contributed by atoms with Gasteiger partial charge in [-0.1, -0.05) is 0 Å². The maximum Gasteiger partial charge on any atom is 0.0900 e. The van der Waals surface area contributed by atoms with E-state index in [4.69, 9.17) is 4.98 Å². The number of nitrogens with one attached hydrogen (secondary N) is 1. The maximum absolute atomic E-state index is 4.80. The van der Waals surface area contributed by atoms with Crippen LogP contribution in [0.1, 0.15) is 54.2 Å². The Labute approximate surface area is 126 Å². The monoisotopic (exact) mass is 293 g/mol. The van der Waals surface area contributed by atoms with Gasteiger partial charge in [-0.05, 0) is 65.5 Å². The summed E-state index contributed by atoms with van der Waals surface area (Å²) in [4.78, 5) is 8.94. The molecule has 1 N–H and O–H groups in total. The number of aromatic nitrogens is 1. The average Bonchev–Trinajstić information content (AvgIpc) is 3.22. The van der Waals surface area contributed by atoms with Crippen molar-refractivity contribution in [3.05, 3.63) is 15.6 Å². The van der Waals surface area contributed by atoms with Gasteiger partial charge in [0.1, 0.15) is 0 Å². The molecular weight excluding hydrogens is 266 g/mol. The third-order valence-electron chi connectivity index (χ3n) is 4.72. The van der Waals surface area contributed by atoms with Crippen LogP contribution in [0.2, 0.25) is 0 Å². The van der Waals surface area contributed by atoms with E-state index in [9.17, 15) is 0 Å². The van der Waals surface area contributed by atoms with Gasteiger partial charge < -0.3 is 5.32 Å². The highest BCUT2D eigenvalue weighted by Crippen LogP contribution is 2.37. The molecule has 1 saturated carbocycles. The predicted octanol–water partition coefficient (Wildman–Crippen LogP) is 3.28. The third kappa shape index (κ3) is 3.23. The van der Waals surface area contributed by atoms with E-state index in [0.717, 1.165) is 12.0 Å². The number of aryl methyl sites for hydroxylation is 2. The van der Waals surface area contributed by atoms with Gasteiger partial charge in [0.25, 0.3) is 0 Å². The van der Waals surface area contributed by atoms with Crippen molar-refractivity contribution >= 4 is 11.3 Å². The fourth-order valence-electron chi connectivity index (χ4n) is 3.50. The topological polar surface area (TPSA) is 28.2 Å². The molecule has 1 aliphatic heterocycles. The molecule has 1 saturated heterocycles. The smallest absolute Gasteiger partial charge is 0.0900 e. The minimum Gasteiger partial charge on any atom is -0.316 e. The molecule has 4 heteroatoms. The molecule has 2 aliphatic rings. The molecule has 2 atom stereocenters. The SMILES string of the molecule is Cc1nc(C(C)N(CC2CCCNC2)C2CC2)c(C)s1. The van der Waals surface area contributed by atoms with Crippen molar-refractivity contribution in [2.45, 2.75) is 58.5 Å². The highest BCUT2D eigenvalue weighted by molar-refractivity contribution is 7.11. The number of thiazole rings is 1. The fourth-order valence-corrected chi connectivity index (χ4v) is 4.41. The van der Waals surface area contributed by atoms with Gasteiger partial charge in [-0.25, -0.2) is 4.98 Å². The van der Waals surface area contributed by atoms with Crippen molar-refractivity contribution in [2.75, 3.05) is 19.6 Å². The second kappa shape index (κ2) is 6.12. The molecule has 1 aliphatic carbocycles. The summed E-state index contributed by atoms with van der Waals surface area (Å²) in [6, 6.07) is 1.29. The van der Waals surface area contributed by atoms with E-state index in [1.807, 2.05) is 11.3 Å². The van der Waals surface area contributed by atoms with E-state index >= 15 is 0 Å². The van der Waals surface area contributed by atoms with Crippen LogP contribution >= 0.6 is 11.3 Å². The lowest BCUT2D eigenvalue weighted by Crippen LogP contribution is -2.40. The summed E-state index contributed by atoms with van der Waals surface area (Å²) < 4.78 is 0. The average molecular weight is 293 g/mol. The molecule has 1 aromatic heterocycles. The van der Waals surface area contributed by atoms with Gasteiger partial charge in [0, 0.05) is 17.5 Å². The fraction of sp³-hybridized carbons (Fsp3) is 0.812. The maximum atomic E-state index is 4.80. The standard InChI is InChI=1S/C16H27N3S/c1-11(16-12(2)20-13(3)18-16)19(15-6-7-15)10-14-5-4-8-17-9-14/h11,14-15,17H,4-10H2,1-3H3. The summed E-state index contributed by atoms with van der Waals surface area (Å²) >= 11 is 1.84. The molecule has 112 valence electrons. The van der Waals surface area contributed by atoms with Gasteiger partial charge >= 0.3 is 0 Å². The molecule has 0 radical (unpaired) electrons. The number of hydrogen-bond donors (Lipinski definition) is 1. The molecule has 3 rings (SSSR count). The van der Waals surface area contributed by atoms with Gasteiger partial charge in [-0.15, -0.1) is 11.3 Å². The molecule has 3 nitrogen and oxygen atoms in total. The van der Waals surface area contributed by atoms with Crippen LogP contribution in [0.5, 0.6) is 0 Å². The second-order valence-electron chi connectivity index (χ2n) is 6.49. The van der Waals surface area contributed by atoms with Crippen molar-refractivity contribution in [1.29, 1.82) is 0 Å². The Hall–Kier alpha value is -0.450. The zero-order valence-corrected chi connectivity index (χ0v) is 13.8. The third-order valence-corrected chi connectivity index (χ3v) is 5.62. The van der Waals surface area contributed by atoms with Crippen molar-refractivity contribution in [2.24, 2.45) is 5.92 Å². The first-order valence-electron chi connectivity index (χ1n) is 8.05. The number of piperidine rings is 1. The van der Waals surface area contributed by atoms with Crippen LogP contribution in [0.25, 0.3) is 0 Å². The molecule has 0 spiro atoms. The van der Waals surface area contributed by atoms with Gasteiger partial charge in [0.2, 0.25) is 0 Å². The Balaban J connectivity index is 1.71. The van der Waals surface area contributed by atoms with E-state index < -0.39 is 0 Å². The Kier molecular flexibility index (Phi) is 4.43. The van der Waals surface area contributed by atoms with Gasteiger partial charge in [-0.2, -0.15) is 0 Å². The first kappa shape index (κ1) is 14.5. The molecule has 2 heterocycles. The lowest BCUT2D eigenvalue weighted by Gasteiger charge is -2.34. The van der Waals surface area contributed by atoms with E-state index in [1.165, 1.54) is 60.9 Å². The van der Waals surface area contributed by atoms with Crippen molar-refractivity contribution in [3.8, 4) is 0 Å². The molecule has 20 heavy (non-hydrogen) atoms. The second-order valence-corrected chi connectivity index (χ2v) is 7.90. The molecular formula is C16H27N3S. The summed E-state index contributed by atoms with van der Waals surface area (Å²) in [5.74, 6) is 0.826. The van der Waals surface area contributed by atoms with Crippen LogP contribution < -0.4 is 5.32 Å². The number of nitrogens with zero attached hydrogens (tertiary/aromatic N) is 2. The van der Waals surface area contributed by atoms with E-state index in [-0.39, 0.29) is 0 Å². The van der Waals surface area contributed by atoms with Crippen LogP contribution in [-0.2, 0) is 0 Å². The summed E-state index contributed by atoms with van der Waals surface area (Å²) in [5, 5.41) is 4.76. The summed E-state index contributed by atoms with van der Waals surface area (Å²) in [6.07, 6.45) is 5.49. The molecule has 2 fully saturated rings. The van der Waals surface area contributed by atoms with E-state index in [1.54, 1.807) is 0 Å². The van der Waals surface area contributed by atoms with Crippen LogP contribution in [0, 0.1) is 19.8 Å². The van der Waals surface area contributed by atoms with Crippen LogP contribution in [0.15, 0.2) is 0 Å². The van der Waals surface area contributed by atoms with Gasteiger partial charge in [-0.3, -0.25) is 4.90 Å². The Morgan fingerprint density at radius 2 is 2.15 bits per heavy atom. The quantitative estimate of drug-likeness (QED) is 0.903. The minimum absolute atomic E-state index is 0.481. The Morgan fingerprint density at radius 1 is 1.35 bits per heavy atom. The molecule has 2 unspecified atom stereocenters. The van der Waals surface area contributed by atoms with Crippen molar-refractivity contribution in [1.82, 2.24) is 15.2 Å². The lowest BCUT2D eigenvalue weighted by molar-refractivity contribution is 0.151. The minimum atomic E-state index is 0.481. The zero-order chi connectivity index (χ0) is 14.1. The van der Waals surface area contributed by atoms with Crippen LogP contribution in [0.4, 0.5) is 0 Å². The number of hydrogen-bond acceptors (Lipinski definition) is 4. The molecule has 0 aromatic carbocycles. The Bertz CT molecular complexity index is 447. The predicted molar refractivity (Wildman–Crippen MR) is 85.3 cm³/mol. The van der Waals surface area contributed by atoms with E-state index in [0.29, 0.717) is 6.04 Å². The highest BCUT2D eigenvalue weighted by Gasteiger charge is 2.35.